The number of allylic oxidation sites excluding steroid dienone is 1. The number of rotatable bonds is 3. The minimum Gasteiger partial charge on any atom is -0.492 e. The third-order valence-corrected chi connectivity index (χ3v) is 4.97. The molecule has 29 heavy (non-hydrogen) atoms. The van der Waals surface area contributed by atoms with Crippen molar-refractivity contribution in [2.45, 2.75) is 57.7 Å². The highest BCUT2D eigenvalue weighted by Gasteiger charge is 2.37. The van der Waals surface area contributed by atoms with E-state index in [1.165, 1.54) is 0 Å². The minimum atomic E-state index is -0.0248. The lowest BCUT2D eigenvalue weighted by Crippen LogP contribution is -2.60. The summed E-state index contributed by atoms with van der Waals surface area (Å²) in [4.78, 5) is 16.0. The van der Waals surface area contributed by atoms with Crippen LogP contribution in [0.1, 0.15) is 51.8 Å². The number of aliphatic imine (C=N–C) groups is 1. The zero-order chi connectivity index (χ0) is 19.2. The van der Waals surface area contributed by atoms with Gasteiger partial charge >= 0.3 is 0 Å². The first-order valence-electron chi connectivity index (χ1n) is 9.27. The molecule has 4 heterocycles. The average molecular weight is 439 g/mol. The van der Waals surface area contributed by atoms with Crippen LogP contribution >= 0.6 is 24.8 Å². The molecule has 4 rings (SSSR count). The van der Waals surface area contributed by atoms with Gasteiger partial charge in [-0.2, -0.15) is 4.98 Å². The molecule has 0 radical (unpaired) electrons. The summed E-state index contributed by atoms with van der Waals surface area (Å²) in [7, 11) is 0. The number of aromatic hydroxyl groups is 1. The highest BCUT2D eigenvalue weighted by Crippen LogP contribution is 2.33. The maximum atomic E-state index is 10.3. The summed E-state index contributed by atoms with van der Waals surface area (Å²) in [5.41, 5.74) is 2.48. The zero-order valence-electron chi connectivity index (χ0n) is 17.0. The highest BCUT2D eigenvalue weighted by molar-refractivity contribution is 6.20. The third-order valence-electron chi connectivity index (χ3n) is 4.97. The smallest absolute Gasteiger partial charge is 0.238 e. The van der Waals surface area contributed by atoms with Gasteiger partial charge in [-0.15, -0.1) is 24.8 Å². The summed E-state index contributed by atoms with van der Waals surface area (Å²) in [6.07, 6.45) is 7.26. The number of hydrogen-bond acceptors (Lipinski definition) is 6. The Balaban J connectivity index is 0.00000150. The first-order valence-corrected chi connectivity index (χ1v) is 9.27. The molecule has 0 aliphatic carbocycles. The molecule has 0 aromatic carbocycles. The molecule has 0 bridgehead atoms. The van der Waals surface area contributed by atoms with Crippen molar-refractivity contribution in [3.05, 3.63) is 29.6 Å². The third kappa shape index (κ3) is 5.10. The normalized spacial score (nSPS) is 20.6. The van der Waals surface area contributed by atoms with E-state index in [-0.39, 0.29) is 47.8 Å². The van der Waals surface area contributed by atoms with Crippen LogP contribution < -0.4 is 10.6 Å². The lowest BCUT2D eigenvalue weighted by Gasteiger charge is -2.46. The summed E-state index contributed by atoms with van der Waals surface area (Å²) in [5, 5.41) is 17.4. The number of hydrogen-bond donors (Lipinski definition) is 4. The van der Waals surface area contributed by atoms with Gasteiger partial charge in [-0.1, -0.05) is 0 Å². The Bertz CT molecular complexity index is 919. The van der Waals surface area contributed by atoms with Crippen LogP contribution in [-0.4, -0.2) is 43.4 Å². The van der Waals surface area contributed by atoms with Crippen molar-refractivity contribution in [1.29, 1.82) is 0 Å². The van der Waals surface area contributed by atoms with Gasteiger partial charge in [0.25, 0.3) is 0 Å². The standard InChI is InChI=1S/C20H26N6O.2ClH/c1-19(2)9-13(10-20(3,4)26-19)23-18-24-15(17(27)25-18)8-12-11-22-16-14(12)6-5-7-21-16;;/h5-8,11,13,26-27H,9-10H2,1-4H3,(H2,23,24,25);2*1H. The Morgan fingerprint density at radius 3 is 2.55 bits per heavy atom. The van der Waals surface area contributed by atoms with E-state index in [0.717, 1.165) is 24.0 Å². The van der Waals surface area contributed by atoms with E-state index in [4.69, 9.17) is 0 Å². The van der Waals surface area contributed by atoms with Crippen LogP contribution in [-0.2, 0) is 0 Å². The maximum Gasteiger partial charge on any atom is 0.238 e. The fourth-order valence-corrected chi connectivity index (χ4v) is 4.36. The molecular formula is C20H28Cl2N6O. The summed E-state index contributed by atoms with van der Waals surface area (Å²) in [6.45, 7) is 8.85. The molecule has 0 saturated carbocycles. The predicted molar refractivity (Wildman–Crippen MR) is 123 cm³/mol. The predicted octanol–water partition coefficient (Wildman–Crippen LogP) is 4.33. The number of halogens is 2. The van der Waals surface area contributed by atoms with E-state index in [1.807, 2.05) is 18.2 Å². The molecule has 4 N–H and O–H groups in total. The highest BCUT2D eigenvalue weighted by atomic mass is 35.5. The molecule has 1 saturated heterocycles. The Morgan fingerprint density at radius 1 is 1.17 bits per heavy atom. The van der Waals surface area contributed by atoms with Crippen molar-refractivity contribution in [3.8, 4) is 5.88 Å². The average Bonchev–Trinajstić information content (AvgIpc) is 3.09. The fraction of sp³-hybridized carbons (Fsp3) is 0.450. The van der Waals surface area contributed by atoms with Gasteiger partial charge in [-0.05, 0) is 58.7 Å². The molecule has 0 unspecified atom stereocenters. The monoisotopic (exact) mass is 438 g/mol. The van der Waals surface area contributed by atoms with Gasteiger partial charge in [0.15, 0.2) is 5.82 Å². The number of aromatic amines is 1. The summed E-state index contributed by atoms with van der Waals surface area (Å²) >= 11 is 0. The number of aromatic nitrogens is 3. The van der Waals surface area contributed by atoms with Gasteiger partial charge in [0, 0.05) is 40.7 Å². The first kappa shape index (κ1) is 23.2. The lowest BCUT2D eigenvalue weighted by atomic mass is 9.80. The molecule has 7 nitrogen and oxygen atoms in total. The van der Waals surface area contributed by atoms with Crippen LogP contribution in [0.2, 0.25) is 0 Å². The molecule has 9 heteroatoms. The SMILES string of the molecule is CC1(C)CC(Nc2nc(O)c(C=C3C=Nc4ncccc43)[nH]2)CC(C)(C)N1.Cl.Cl. The number of pyridine rings is 1. The number of nitrogens with one attached hydrogen (secondary N) is 3. The summed E-state index contributed by atoms with van der Waals surface area (Å²) in [5.74, 6) is 1.25. The first-order chi connectivity index (χ1) is 12.7. The van der Waals surface area contributed by atoms with Crippen molar-refractivity contribution >= 4 is 54.4 Å². The van der Waals surface area contributed by atoms with Crippen molar-refractivity contribution in [2.75, 3.05) is 5.32 Å². The zero-order valence-corrected chi connectivity index (χ0v) is 18.6. The van der Waals surface area contributed by atoms with Gasteiger partial charge in [-0.3, -0.25) is 0 Å². The van der Waals surface area contributed by atoms with Crippen molar-refractivity contribution < 1.29 is 5.11 Å². The van der Waals surface area contributed by atoms with Crippen LogP contribution in [0.5, 0.6) is 5.88 Å². The topological polar surface area (TPSA) is 98.2 Å². The van der Waals surface area contributed by atoms with Gasteiger partial charge in [0.1, 0.15) is 5.69 Å². The Kier molecular flexibility index (Phi) is 6.67. The van der Waals surface area contributed by atoms with E-state index in [9.17, 15) is 5.11 Å². The van der Waals surface area contributed by atoms with E-state index in [1.54, 1.807) is 12.4 Å². The molecular weight excluding hydrogens is 411 g/mol. The Hall–Kier alpha value is -2.09. The minimum absolute atomic E-state index is 0. The molecule has 158 valence electrons. The molecule has 1 fully saturated rings. The van der Waals surface area contributed by atoms with Gasteiger partial charge in [0.2, 0.25) is 11.8 Å². The Labute approximate surface area is 183 Å². The molecule has 2 aliphatic rings. The molecule has 2 aliphatic heterocycles. The van der Waals surface area contributed by atoms with Gasteiger partial charge < -0.3 is 20.7 Å². The largest absolute Gasteiger partial charge is 0.492 e. The second-order valence-electron chi connectivity index (χ2n) is 8.70. The number of fused-ring (bicyclic) bond motifs is 1. The lowest BCUT2D eigenvalue weighted by molar-refractivity contribution is 0.170. The second kappa shape index (κ2) is 8.34. The number of piperidine rings is 1. The second-order valence-corrected chi connectivity index (χ2v) is 8.70. The van der Waals surface area contributed by atoms with Crippen LogP contribution in [0.15, 0.2) is 23.3 Å². The summed E-state index contributed by atoms with van der Waals surface area (Å²) < 4.78 is 0. The van der Waals surface area contributed by atoms with Crippen molar-refractivity contribution in [2.24, 2.45) is 4.99 Å². The van der Waals surface area contributed by atoms with Crippen LogP contribution in [0.4, 0.5) is 11.8 Å². The Morgan fingerprint density at radius 2 is 1.86 bits per heavy atom. The number of anilines is 1. The number of H-pyrrole nitrogens is 1. The van der Waals surface area contributed by atoms with Crippen LogP contribution in [0, 0.1) is 0 Å². The number of nitrogens with zero attached hydrogens (tertiary/aromatic N) is 3. The van der Waals surface area contributed by atoms with Crippen molar-refractivity contribution in [3.63, 3.8) is 0 Å². The molecule has 2 aromatic heterocycles. The molecule has 0 amide bonds. The molecule has 2 aromatic rings. The quantitative estimate of drug-likeness (QED) is 0.571. The molecule has 0 spiro atoms. The number of imidazole rings is 1. The van der Waals surface area contributed by atoms with Crippen LogP contribution in [0.3, 0.4) is 0 Å². The van der Waals surface area contributed by atoms with Crippen LogP contribution in [0.25, 0.3) is 11.6 Å². The van der Waals surface area contributed by atoms with E-state index in [2.05, 4.69) is 58.3 Å². The molecule has 0 atom stereocenters. The van der Waals surface area contributed by atoms with E-state index in [0.29, 0.717) is 17.5 Å². The van der Waals surface area contributed by atoms with Crippen molar-refractivity contribution in [1.82, 2.24) is 20.3 Å². The van der Waals surface area contributed by atoms with E-state index < -0.39 is 0 Å². The van der Waals surface area contributed by atoms with Gasteiger partial charge in [-0.25, -0.2) is 9.98 Å². The maximum absolute atomic E-state index is 10.3. The summed E-state index contributed by atoms with van der Waals surface area (Å²) in [6, 6.07) is 4.11. The van der Waals surface area contributed by atoms with E-state index >= 15 is 0 Å². The van der Waals surface area contributed by atoms with Gasteiger partial charge in [0.05, 0.1) is 0 Å². The fourth-order valence-electron chi connectivity index (χ4n) is 4.36.